The zero-order valence-electron chi connectivity index (χ0n) is 14.4. The Kier molecular flexibility index (Phi) is 5.24. The van der Waals surface area contributed by atoms with Crippen molar-refractivity contribution in [2.75, 3.05) is 7.11 Å². The molecular formula is C19H23NO4S. The largest absolute Gasteiger partial charge is 0.387 e. The summed E-state index contributed by atoms with van der Waals surface area (Å²) in [6.45, 7) is 1.91. The minimum Gasteiger partial charge on any atom is -0.387 e. The number of methoxy groups -OCH3 is 1. The molecule has 0 aliphatic carbocycles. The molecule has 0 radical (unpaired) electrons. The Balaban J connectivity index is 1.82. The predicted molar refractivity (Wildman–Crippen MR) is 95.6 cm³/mol. The fourth-order valence-electron chi connectivity index (χ4n) is 3.23. The molecule has 1 heterocycles. The van der Waals surface area contributed by atoms with Crippen LogP contribution in [0.3, 0.4) is 0 Å². The van der Waals surface area contributed by atoms with Crippen LogP contribution in [0.4, 0.5) is 0 Å². The third-order valence-corrected chi connectivity index (χ3v) is 6.58. The molecule has 2 aromatic rings. The molecule has 1 N–H and O–H groups in total. The minimum atomic E-state index is -3.72. The van der Waals surface area contributed by atoms with Gasteiger partial charge in [-0.15, -0.1) is 0 Å². The van der Waals surface area contributed by atoms with Gasteiger partial charge in [-0.05, 0) is 37.5 Å². The van der Waals surface area contributed by atoms with E-state index in [2.05, 4.69) is 0 Å². The molecule has 1 aliphatic rings. The van der Waals surface area contributed by atoms with Crippen molar-refractivity contribution >= 4 is 10.0 Å². The summed E-state index contributed by atoms with van der Waals surface area (Å²) in [4.78, 5) is 0.219. The first-order chi connectivity index (χ1) is 11.9. The van der Waals surface area contributed by atoms with Crippen molar-refractivity contribution in [3.63, 3.8) is 0 Å². The Hall–Kier alpha value is -1.73. The Morgan fingerprint density at radius 2 is 1.72 bits per heavy atom. The van der Waals surface area contributed by atoms with Gasteiger partial charge >= 0.3 is 0 Å². The summed E-state index contributed by atoms with van der Waals surface area (Å²) >= 11 is 0. The van der Waals surface area contributed by atoms with Crippen molar-refractivity contribution in [3.05, 3.63) is 65.7 Å². The Morgan fingerprint density at radius 1 is 1.08 bits per heavy atom. The number of rotatable bonds is 6. The van der Waals surface area contributed by atoms with Gasteiger partial charge in [0.05, 0.1) is 10.9 Å². The number of sulfonamides is 1. The van der Waals surface area contributed by atoms with E-state index in [0.717, 1.165) is 11.1 Å². The van der Waals surface area contributed by atoms with Crippen molar-refractivity contribution in [1.29, 1.82) is 0 Å². The summed E-state index contributed by atoms with van der Waals surface area (Å²) in [7, 11) is -2.30. The zero-order valence-corrected chi connectivity index (χ0v) is 15.2. The molecule has 3 rings (SSSR count). The van der Waals surface area contributed by atoms with Crippen molar-refractivity contribution in [2.24, 2.45) is 0 Å². The van der Waals surface area contributed by atoms with E-state index in [4.69, 9.17) is 4.74 Å². The predicted octanol–water partition coefficient (Wildman–Crippen LogP) is 2.33. The average Bonchev–Trinajstić information content (AvgIpc) is 2.61. The summed E-state index contributed by atoms with van der Waals surface area (Å²) in [6.07, 6.45) is -0.435. The van der Waals surface area contributed by atoms with Gasteiger partial charge in [-0.2, -0.15) is 4.31 Å². The quantitative estimate of drug-likeness (QED) is 0.858. The van der Waals surface area contributed by atoms with Gasteiger partial charge in [-0.3, -0.25) is 0 Å². The van der Waals surface area contributed by atoms with Crippen molar-refractivity contribution in [1.82, 2.24) is 4.31 Å². The zero-order chi connectivity index (χ0) is 18.0. The lowest BCUT2D eigenvalue weighted by Crippen LogP contribution is -2.69. The van der Waals surface area contributed by atoms with Crippen LogP contribution in [0.25, 0.3) is 0 Å². The third-order valence-electron chi connectivity index (χ3n) is 4.67. The summed E-state index contributed by atoms with van der Waals surface area (Å²) in [5, 5.41) is 10.3. The fraction of sp³-hybridized carbons (Fsp3) is 0.368. The van der Waals surface area contributed by atoms with Gasteiger partial charge in [0, 0.05) is 7.11 Å². The topological polar surface area (TPSA) is 66.8 Å². The first-order valence-electron chi connectivity index (χ1n) is 8.30. The summed E-state index contributed by atoms with van der Waals surface area (Å²) in [5.74, 6) is 0. The summed E-state index contributed by atoms with van der Waals surface area (Å²) in [6, 6.07) is 16.1. The number of aryl methyl sites for hydroxylation is 2. The lowest BCUT2D eigenvalue weighted by molar-refractivity contribution is -0.185. The maximum atomic E-state index is 13.0. The molecule has 0 amide bonds. The van der Waals surface area contributed by atoms with E-state index >= 15 is 0 Å². The first-order valence-corrected chi connectivity index (χ1v) is 9.74. The van der Waals surface area contributed by atoms with Gasteiger partial charge < -0.3 is 9.84 Å². The molecule has 0 unspecified atom stereocenters. The van der Waals surface area contributed by atoms with Crippen LogP contribution >= 0.6 is 0 Å². The van der Waals surface area contributed by atoms with Crippen molar-refractivity contribution < 1.29 is 18.3 Å². The number of nitrogens with zero attached hydrogens (tertiary/aromatic N) is 1. The maximum absolute atomic E-state index is 13.0. The monoisotopic (exact) mass is 361 g/mol. The molecule has 0 bridgehead atoms. The van der Waals surface area contributed by atoms with Gasteiger partial charge in [-0.1, -0.05) is 48.0 Å². The molecule has 25 heavy (non-hydrogen) atoms. The minimum absolute atomic E-state index is 0.219. The number of aliphatic hydroxyl groups is 1. The average molecular weight is 361 g/mol. The van der Waals surface area contributed by atoms with Gasteiger partial charge in [-0.25, -0.2) is 8.42 Å². The fourth-order valence-corrected chi connectivity index (χ4v) is 5.02. The molecule has 6 heteroatoms. The maximum Gasteiger partial charge on any atom is 0.245 e. The molecule has 5 nitrogen and oxygen atoms in total. The SMILES string of the molecule is CO[C@H]1[C@H](O)[C@@H](CCc2ccccc2)N1S(=O)(=O)c1ccc(C)cc1. The number of hydrogen-bond acceptors (Lipinski definition) is 4. The van der Waals surface area contributed by atoms with Crippen LogP contribution in [0.5, 0.6) is 0 Å². The molecule has 0 spiro atoms. The van der Waals surface area contributed by atoms with E-state index in [9.17, 15) is 13.5 Å². The molecule has 1 fully saturated rings. The highest BCUT2D eigenvalue weighted by atomic mass is 32.2. The lowest BCUT2D eigenvalue weighted by atomic mass is 9.94. The Morgan fingerprint density at radius 3 is 2.32 bits per heavy atom. The number of ether oxygens (including phenoxy) is 1. The first kappa shape index (κ1) is 18.1. The standard InChI is InChI=1S/C19H23NO4S/c1-14-8-11-16(12-9-14)25(22,23)20-17(18(21)19(20)24-2)13-10-15-6-4-3-5-7-15/h3-9,11-12,17-19,21H,10,13H2,1-2H3/t17-,18-,19+/m1/s1. The molecule has 2 aromatic carbocycles. The lowest BCUT2D eigenvalue weighted by Gasteiger charge is -2.50. The second-order valence-electron chi connectivity index (χ2n) is 6.36. The van der Waals surface area contributed by atoms with Crippen LogP contribution < -0.4 is 0 Å². The highest BCUT2D eigenvalue weighted by molar-refractivity contribution is 7.89. The molecule has 1 saturated heterocycles. The van der Waals surface area contributed by atoms with Crippen LogP contribution in [0, 0.1) is 6.92 Å². The molecular weight excluding hydrogens is 338 g/mol. The molecule has 134 valence electrons. The van der Waals surface area contributed by atoms with Gasteiger partial charge in [0.1, 0.15) is 6.10 Å². The summed E-state index contributed by atoms with van der Waals surface area (Å²) in [5.41, 5.74) is 2.11. The van der Waals surface area contributed by atoms with Crippen LogP contribution in [-0.4, -0.2) is 43.3 Å². The van der Waals surface area contributed by atoms with E-state index in [0.29, 0.717) is 12.8 Å². The number of benzene rings is 2. The second-order valence-corrected chi connectivity index (χ2v) is 8.20. The molecule has 0 aromatic heterocycles. The van der Waals surface area contributed by atoms with Gasteiger partial charge in [0.15, 0.2) is 6.23 Å². The smallest absolute Gasteiger partial charge is 0.245 e. The van der Waals surface area contributed by atoms with E-state index in [1.807, 2.05) is 37.3 Å². The van der Waals surface area contributed by atoms with Crippen LogP contribution in [0.1, 0.15) is 17.5 Å². The molecule has 0 saturated carbocycles. The van der Waals surface area contributed by atoms with E-state index in [1.165, 1.54) is 11.4 Å². The van der Waals surface area contributed by atoms with E-state index in [-0.39, 0.29) is 4.90 Å². The highest BCUT2D eigenvalue weighted by Gasteiger charge is 2.54. The van der Waals surface area contributed by atoms with Crippen molar-refractivity contribution in [2.45, 2.75) is 43.0 Å². The summed E-state index contributed by atoms with van der Waals surface area (Å²) < 4.78 is 32.5. The second kappa shape index (κ2) is 7.25. The highest BCUT2D eigenvalue weighted by Crippen LogP contribution is 2.36. The van der Waals surface area contributed by atoms with Crippen LogP contribution in [0.15, 0.2) is 59.5 Å². The Bertz CT molecular complexity index is 805. The normalized spacial score (nSPS) is 24.0. The Labute approximate surface area is 148 Å². The van der Waals surface area contributed by atoms with Crippen LogP contribution in [0.2, 0.25) is 0 Å². The third kappa shape index (κ3) is 3.48. The number of aliphatic hydroxyl groups excluding tert-OH is 1. The number of hydrogen-bond donors (Lipinski definition) is 1. The molecule has 1 aliphatic heterocycles. The van der Waals surface area contributed by atoms with Crippen molar-refractivity contribution in [3.8, 4) is 0 Å². The molecule has 3 atom stereocenters. The van der Waals surface area contributed by atoms with E-state index in [1.54, 1.807) is 24.3 Å². The van der Waals surface area contributed by atoms with Crippen LogP contribution in [-0.2, 0) is 21.2 Å². The van der Waals surface area contributed by atoms with Gasteiger partial charge in [0.2, 0.25) is 10.0 Å². The van der Waals surface area contributed by atoms with Gasteiger partial charge in [0.25, 0.3) is 0 Å². The van der Waals surface area contributed by atoms with E-state index < -0.39 is 28.4 Å².